The van der Waals surface area contributed by atoms with Gasteiger partial charge in [0.25, 0.3) is 0 Å². The van der Waals surface area contributed by atoms with Crippen molar-refractivity contribution in [3.05, 3.63) is 53.4 Å². The van der Waals surface area contributed by atoms with Crippen LogP contribution in [0, 0.1) is 5.92 Å². The van der Waals surface area contributed by atoms with E-state index < -0.39 is 0 Å². The number of amides is 2. The maximum Gasteiger partial charge on any atom is 0.228 e. The van der Waals surface area contributed by atoms with Gasteiger partial charge in [0, 0.05) is 39.1 Å². The molecule has 0 aliphatic carbocycles. The molecule has 7 nitrogen and oxygen atoms in total. The van der Waals surface area contributed by atoms with Crippen LogP contribution in [0.1, 0.15) is 17.2 Å². The predicted octanol–water partition coefficient (Wildman–Crippen LogP) is 2.58. The van der Waals surface area contributed by atoms with Crippen molar-refractivity contribution >= 4 is 33.4 Å². The first-order chi connectivity index (χ1) is 14.7. The number of aromatic nitrogens is 1. The number of nitrogens with zero attached hydrogens (tertiary/aromatic N) is 4. The van der Waals surface area contributed by atoms with Crippen molar-refractivity contribution in [2.75, 3.05) is 32.7 Å². The Hall–Kier alpha value is -2.71. The van der Waals surface area contributed by atoms with Crippen molar-refractivity contribution in [3.63, 3.8) is 0 Å². The first-order valence-electron chi connectivity index (χ1n) is 10.3. The molecule has 2 aliphatic rings. The summed E-state index contributed by atoms with van der Waals surface area (Å²) in [6.45, 7) is 4.80. The summed E-state index contributed by atoms with van der Waals surface area (Å²) < 4.78 is 6.55. The standard InChI is InChI=1S/C22H24N4O3S/c27-21-12-16(13-26(21)14-17-4-3-11-29-17)22(28)25-9-7-24(8-10-25)15-20-23-18-5-1-2-6-19(18)30-20/h1-6,11,16H,7-10,12-15H2. The molecule has 30 heavy (non-hydrogen) atoms. The molecule has 5 rings (SSSR count). The van der Waals surface area contributed by atoms with Crippen LogP contribution in [-0.4, -0.2) is 64.2 Å². The van der Waals surface area contributed by atoms with E-state index in [1.54, 1.807) is 22.5 Å². The van der Waals surface area contributed by atoms with Gasteiger partial charge in [-0.05, 0) is 24.3 Å². The number of fused-ring (bicyclic) bond motifs is 1. The van der Waals surface area contributed by atoms with E-state index in [1.807, 2.05) is 35.2 Å². The number of furan rings is 1. The molecule has 0 N–H and O–H groups in total. The quantitative estimate of drug-likeness (QED) is 0.630. The van der Waals surface area contributed by atoms with Crippen LogP contribution in [0.4, 0.5) is 0 Å². The molecule has 0 radical (unpaired) electrons. The Labute approximate surface area is 178 Å². The van der Waals surface area contributed by atoms with E-state index in [9.17, 15) is 9.59 Å². The summed E-state index contributed by atoms with van der Waals surface area (Å²) in [5.41, 5.74) is 1.05. The van der Waals surface area contributed by atoms with Crippen molar-refractivity contribution in [2.24, 2.45) is 5.92 Å². The molecule has 1 unspecified atom stereocenters. The highest BCUT2D eigenvalue weighted by molar-refractivity contribution is 7.18. The van der Waals surface area contributed by atoms with Gasteiger partial charge in [0.1, 0.15) is 10.8 Å². The minimum absolute atomic E-state index is 0.0271. The molecular formula is C22H24N4O3S. The number of likely N-dealkylation sites (tertiary alicyclic amines) is 1. The third-order valence-electron chi connectivity index (χ3n) is 5.87. The second kappa shape index (κ2) is 8.20. The summed E-state index contributed by atoms with van der Waals surface area (Å²) in [6.07, 6.45) is 1.90. The number of hydrogen-bond donors (Lipinski definition) is 0. The fourth-order valence-electron chi connectivity index (χ4n) is 4.24. The Morgan fingerprint density at radius 3 is 2.70 bits per heavy atom. The van der Waals surface area contributed by atoms with Crippen LogP contribution in [0.15, 0.2) is 47.1 Å². The van der Waals surface area contributed by atoms with E-state index in [4.69, 9.17) is 9.40 Å². The van der Waals surface area contributed by atoms with Gasteiger partial charge in [-0.15, -0.1) is 11.3 Å². The summed E-state index contributed by atoms with van der Waals surface area (Å²) in [7, 11) is 0. The SMILES string of the molecule is O=C1CC(C(=O)N2CCN(Cc3nc4ccccc4s3)CC2)CN1Cc1ccco1. The van der Waals surface area contributed by atoms with Crippen LogP contribution in [0.3, 0.4) is 0 Å². The van der Waals surface area contributed by atoms with Crippen molar-refractivity contribution in [2.45, 2.75) is 19.5 Å². The molecule has 1 atom stereocenters. The zero-order chi connectivity index (χ0) is 20.5. The number of carbonyl (C=O) groups excluding carboxylic acids is 2. The Kier molecular flexibility index (Phi) is 5.26. The molecule has 0 spiro atoms. The summed E-state index contributed by atoms with van der Waals surface area (Å²) >= 11 is 1.74. The van der Waals surface area contributed by atoms with E-state index in [0.717, 1.165) is 35.9 Å². The molecule has 156 valence electrons. The molecule has 2 saturated heterocycles. The van der Waals surface area contributed by atoms with Crippen LogP contribution in [0.25, 0.3) is 10.2 Å². The molecule has 0 saturated carbocycles. The normalized spacial score (nSPS) is 20.4. The third kappa shape index (κ3) is 3.97. The van der Waals surface area contributed by atoms with Crippen LogP contribution in [-0.2, 0) is 22.7 Å². The van der Waals surface area contributed by atoms with E-state index >= 15 is 0 Å². The van der Waals surface area contributed by atoms with Gasteiger partial charge in [0.15, 0.2) is 0 Å². The number of rotatable bonds is 5. The molecular weight excluding hydrogens is 400 g/mol. The van der Waals surface area contributed by atoms with E-state index in [1.165, 1.54) is 4.70 Å². The Balaban J connectivity index is 1.13. The van der Waals surface area contributed by atoms with Crippen molar-refractivity contribution in [1.82, 2.24) is 19.7 Å². The number of para-hydroxylation sites is 1. The summed E-state index contributed by atoms with van der Waals surface area (Å²) in [5.74, 6) is 0.632. The van der Waals surface area contributed by atoms with Gasteiger partial charge in [-0.2, -0.15) is 0 Å². The van der Waals surface area contributed by atoms with Crippen molar-refractivity contribution in [3.8, 4) is 0 Å². The number of carbonyl (C=O) groups is 2. The molecule has 2 aliphatic heterocycles. The van der Waals surface area contributed by atoms with Gasteiger partial charge in [0.2, 0.25) is 11.8 Å². The second-order valence-corrected chi connectivity index (χ2v) is 9.05. The fraction of sp³-hybridized carbons (Fsp3) is 0.409. The van der Waals surface area contributed by atoms with Crippen molar-refractivity contribution < 1.29 is 14.0 Å². The number of thiazole rings is 1. The monoisotopic (exact) mass is 424 g/mol. The summed E-state index contributed by atoms with van der Waals surface area (Å²) in [6, 6.07) is 11.9. The molecule has 2 fully saturated rings. The number of benzene rings is 1. The van der Waals surface area contributed by atoms with Crippen LogP contribution in [0.2, 0.25) is 0 Å². The first-order valence-corrected chi connectivity index (χ1v) is 11.1. The minimum atomic E-state index is -0.247. The van der Waals surface area contributed by atoms with Crippen LogP contribution in [0.5, 0.6) is 0 Å². The molecule has 2 aromatic heterocycles. The first kappa shape index (κ1) is 19.3. The van der Waals surface area contributed by atoms with Crippen LogP contribution >= 0.6 is 11.3 Å². The van der Waals surface area contributed by atoms with Gasteiger partial charge >= 0.3 is 0 Å². The molecule has 4 heterocycles. The lowest BCUT2D eigenvalue weighted by molar-refractivity contribution is -0.137. The molecule has 0 bridgehead atoms. The van der Waals surface area contributed by atoms with E-state index in [2.05, 4.69) is 11.0 Å². The minimum Gasteiger partial charge on any atom is -0.467 e. The zero-order valence-electron chi connectivity index (χ0n) is 16.7. The third-order valence-corrected chi connectivity index (χ3v) is 6.89. The molecule has 1 aromatic carbocycles. The topological polar surface area (TPSA) is 69.9 Å². The number of hydrogen-bond acceptors (Lipinski definition) is 6. The van der Waals surface area contributed by atoms with Gasteiger partial charge < -0.3 is 14.2 Å². The highest BCUT2D eigenvalue weighted by atomic mass is 32.1. The molecule has 2 amide bonds. The molecule has 8 heteroatoms. The highest BCUT2D eigenvalue weighted by Gasteiger charge is 2.37. The lowest BCUT2D eigenvalue weighted by Crippen LogP contribution is -2.50. The van der Waals surface area contributed by atoms with E-state index in [0.29, 0.717) is 32.6 Å². The average molecular weight is 425 g/mol. The predicted molar refractivity (Wildman–Crippen MR) is 114 cm³/mol. The fourth-order valence-corrected chi connectivity index (χ4v) is 5.25. The summed E-state index contributed by atoms with van der Waals surface area (Å²) in [4.78, 5) is 36.0. The molecule has 3 aromatic rings. The van der Waals surface area contributed by atoms with Gasteiger partial charge in [-0.1, -0.05) is 12.1 Å². The maximum atomic E-state index is 13.0. The van der Waals surface area contributed by atoms with Gasteiger partial charge in [-0.3, -0.25) is 14.5 Å². The summed E-state index contributed by atoms with van der Waals surface area (Å²) in [5, 5.41) is 1.12. The average Bonchev–Trinajstić information content (AvgIpc) is 3.49. The Bertz CT molecular complexity index is 1010. The van der Waals surface area contributed by atoms with Crippen LogP contribution < -0.4 is 0 Å². The van der Waals surface area contributed by atoms with Gasteiger partial charge in [0.05, 0.1) is 35.5 Å². The largest absolute Gasteiger partial charge is 0.467 e. The lowest BCUT2D eigenvalue weighted by atomic mass is 10.1. The highest BCUT2D eigenvalue weighted by Crippen LogP contribution is 2.25. The Morgan fingerprint density at radius 2 is 1.93 bits per heavy atom. The lowest BCUT2D eigenvalue weighted by Gasteiger charge is -2.35. The van der Waals surface area contributed by atoms with E-state index in [-0.39, 0.29) is 17.7 Å². The number of piperazine rings is 1. The van der Waals surface area contributed by atoms with Gasteiger partial charge in [-0.25, -0.2) is 4.98 Å². The maximum absolute atomic E-state index is 13.0. The smallest absolute Gasteiger partial charge is 0.228 e. The zero-order valence-corrected chi connectivity index (χ0v) is 17.5. The Morgan fingerprint density at radius 1 is 1.10 bits per heavy atom. The van der Waals surface area contributed by atoms with Crippen molar-refractivity contribution in [1.29, 1.82) is 0 Å². The second-order valence-electron chi connectivity index (χ2n) is 7.93.